The molecule has 3 nitrogen and oxygen atoms in total. The molecule has 4 heteroatoms. The van der Waals surface area contributed by atoms with Gasteiger partial charge in [0.2, 0.25) is 0 Å². The number of rotatable bonds is 1. The molecule has 0 bridgehead atoms. The molecule has 2 N–H and O–H groups in total. The average Bonchev–Trinajstić information content (AvgIpc) is 2.41. The molecule has 0 amide bonds. The molecule has 0 fully saturated rings. The second-order valence-electron chi connectivity index (χ2n) is 5.20. The summed E-state index contributed by atoms with van der Waals surface area (Å²) in [5, 5.41) is 19.1. The molecule has 0 saturated heterocycles. The Balaban J connectivity index is 0.00000147. The Morgan fingerprint density at radius 1 is 1.05 bits per heavy atom. The smallest absolute Gasteiger partial charge is 0.157 e. The predicted molar refractivity (Wildman–Crippen MR) is 84.7 cm³/mol. The maximum absolute atomic E-state index is 9.68. The third kappa shape index (κ3) is 2.67. The van der Waals surface area contributed by atoms with Crippen LogP contribution in [0.5, 0.6) is 11.5 Å². The Bertz CT molecular complexity index is 615. The molecule has 0 radical (unpaired) electrons. The van der Waals surface area contributed by atoms with E-state index in [9.17, 15) is 10.2 Å². The van der Waals surface area contributed by atoms with Crippen LogP contribution in [0.15, 0.2) is 42.5 Å². The van der Waals surface area contributed by atoms with Gasteiger partial charge in [-0.25, -0.2) is 0 Å². The number of hydrogen-bond donors (Lipinski definition) is 2. The van der Waals surface area contributed by atoms with Crippen LogP contribution in [-0.4, -0.2) is 28.7 Å². The van der Waals surface area contributed by atoms with E-state index in [1.807, 2.05) is 6.07 Å². The van der Waals surface area contributed by atoms with Crippen molar-refractivity contribution in [2.75, 3.05) is 13.6 Å². The highest BCUT2D eigenvalue weighted by Gasteiger charge is 2.24. The van der Waals surface area contributed by atoms with Gasteiger partial charge in [0.05, 0.1) is 0 Å². The fraction of sp³-hybridized carbons (Fsp3) is 0.250. The molecule has 1 heterocycles. The first-order chi connectivity index (χ1) is 9.15. The van der Waals surface area contributed by atoms with Crippen LogP contribution in [0.25, 0.3) is 0 Å². The van der Waals surface area contributed by atoms with Gasteiger partial charge in [-0.05, 0) is 35.9 Å². The number of phenols is 2. The molecule has 0 saturated carbocycles. The molecule has 1 aliphatic rings. The van der Waals surface area contributed by atoms with Crippen molar-refractivity contribution in [1.82, 2.24) is 4.90 Å². The van der Waals surface area contributed by atoms with Gasteiger partial charge in [0.15, 0.2) is 11.5 Å². The van der Waals surface area contributed by atoms with E-state index >= 15 is 0 Å². The number of phenolic OH excluding ortho intramolecular Hbond substituents is 2. The van der Waals surface area contributed by atoms with E-state index in [1.165, 1.54) is 11.1 Å². The van der Waals surface area contributed by atoms with Crippen molar-refractivity contribution in [2.45, 2.75) is 12.5 Å². The minimum Gasteiger partial charge on any atom is -0.504 e. The van der Waals surface area contributed by atoms with Gasteiger partial charge in [0, 0.05) is 19.0 Å². The van der Waals surface area contributed by atoms with E-state index in [0.29, 0.717) is 0 Å². The van der Waals surface area contributed by atoms with Crippen LogP contribution in [-0.2, 0) is 6.54 Å². The van der Waals surface area contributed by atoms with Crippen LogP contribution in [0.2, 0.25) is 0 Å². The standard InChI is InChI=1S/C16H17NO2.BrH/c1-17-9-12-4-2-3-5-13(12)14(10-17)11-6-7-15(18)16(19)8-11;/h2-8,14,18-19H,9-10H2,1H3;1H. The molecule has 3 rings (SSSR count). The number of hydrogen-bond acceptors (Lipinski definition) is 3. The van der Waals surface area contributed by atoms with Crippen LogP contribution in [0.4, 0.5) is 0 Å². The third-order valence-corrected chi connectivity index (χ3v) is 3.77. The molecular weight excluding hydrogens is 318 g/mol. The summed E-state index contributed by atoms with van der Waals surface area (Å²) in [6.45, 7) is 1.87. The minimum atomic E-state index is -0.0683. The highest BCUT2D eigenvalue weighted by atomic mass is 79.9. The summed E-state index contributed by atoms with van der Waals surface area (Å²) in [6, 6.07) is 13.5. The zero-order valence-corrected chi connectivity index (χ0v) is 13.0. The van der Waals surface area contributed by atoms with Gasteiger partial charge >= 0.3 is 0 Å². The monoisotopic (exact) mass is 335 g/mol. The van der Waals surface area contributed by atoms with Crippen molar-refractivity contribution in [3.63, 3.8) is 0 Å². The lowest BCUT2D eigenvalue weighted by Crippen LogP contribution is -2.30. The number of fused-ring (bicyclic) bond motifs is 1. The van der Waals surface area contributed by atoms with Crippen molar-refractivity contribution in [3.8, 4) is 11.5 Å². The lowest BCUT2D eigenvalue weighted by atomic mass is 9.85. The van der Waals surface area contributed by atoms with Gasteiger partial charge in [-0.15, -0.1) is 17.0 Å². The maximum atomic E-state index is 9.68. The summed E-state index contributed by atoms with van der Waals surface area (Å²) in [7, 11) is 2.10. The maximum Gasteiger partial charge on any atom is 0.157 e. The van der Waals surface area contributed by atoms with Gasteiger partial charge < -0.3 is 15.1 Å². The number of likely N-dealkylation sites (N-methyl/N-ethyl adjacent to an activating group) is 1. The molecule has 0 aliphatic carbocycles. The summed E-state index contributed by atoms with van der Waals surface area (Å²) < 4.78 is 0. The van der Waals surface area contributed by atoms with Gasteiger partial charge in [-0.3, -0.25) is 0 Å². The summed E-state index contributed by atoms with van der Waals surface area (Å²) in [5.41, 5.74) is 3.67. The first kappa shape index (κ1) is 14.9. The molecule has 106 valence electrons. The lowest BCUT2D eigenvalue weighted by Gasteiger charge is -2.32. The Morgan fingerprint density at radius 3 is 2.55 bits per heavy atom. The predicted octanol–water partition coefficient (Wildman–Crippen LogP) is 3.25. The molecule has 1 unspecified atom stereocenters. The largest absolute Gasteiger partial charge is 0.504 e. The van der Waals surface area contributed by atoms with Crippen molar-refractivity contribution >= 4 is 17.0 Å². The fourth-order valence-electron chi connectivity index (χ4n) is 2.83. The van der Waals surface area contributed by atoms with Gasteiger partial charge in [-0.1, -0.05) is 30.3 Å². The summed E-state index contributed by atoms with van der Waals surface area (Å²) >= 11 is 0. The summed E-state index contributed by atoms with van der Waals surface area (Å²) in [4.78, 5) is 2.27. The highest BCUT2D eigenvalue weighted by Crippen LogP contribution is 2.36. The zero-order chi connectivity index (χ0) is 13.4. The van der Waals surface area contributed by atoms with Gasteiger partial charge in [-0.2, -0.15) is 0 Å². The molecular formula is C16H18BrNO2. The molecule has 0 spiro atoms. The topological polar surface area (TPSA) is 43.7 Å². The Labute approximate surface area is 129 Å². The number of halogens is 1. The Morgan fingerprint density at radius 2 is 1.80 bits per heavy atom. The van der Waals surface area contributed by atoms with Crippen molar-refractivity contribution in [3.05, 3.63) is 59.2 Å². The van der Waals surface area contributed by atoms with Crippen LogP contribution >= 0.6 is 17.0 Å². The summed E-state index contributed by atoms with van der Waals surface area (Å²) in [5.74, 6) is 0.117. The van der Waals surface area contributed by atoms with Crippen LogP contribution in [0, 0.1) is 0 Å². The first-order valence-electron chi connectivity index (χ1n) is 6.43. The average molecular weight is 336 g/mol. The first-order valence-corrected chi connectivity index (χ1v) is 6.43. The van der Waals surface area contributed by atoms with Crippen LogP contribution in [0.3, 0.4) is 0 Å². The van der Waals surface area contributed by atoms with Crippen molar-refractivity contribution in [2.24, 2.45) is 0 Å². The minimum absolute atomic E-state index is 0. The molecule has 2 aromatic carbocycles. The van der Waals surface area contributed by atoms with Crippen LogP contribution < -0.4 is 0 Å². The van der Waals surface area contributed by atoms with Gasteiger partial charge in [0.25, 0.3) is 0 Å². The SMILES string of the molecule is Br.CN1Cc2ccccc2C(c2ccc(O)c(O)c2)C1. The molecule has 2 aromatic rings. The van der Waals surface area contributed by atoms with E-state index in [2.05, 4.69) is 36.2 Å². The number of aromatic hydroxyl groups is 2. The van der Waals surface area contributed by atoms with Crippen molar-refractivity contribution < 1.29 is 10.2 Å². The van der Waals surface area contributed by atoms with Crippen molar-refractivity contribution in [1.29, 1.82) is 0 Å². The van der Waals surface area contributed by atoms with E-state index in [1.54, 1.807) is 12.1 Å². The summed E-state index contributed by atoms with van der Waals surface area (Å²) in [6.07, 6.45) is 0. The van der Waals surface area contributed by atoms with E-state index in [-0.39, 0.29) is 34.4 Å². The molecule has 0 aromatic heterocycles. The zero-order valence-electron chi connectivity index (χ0n) is 11.3. The second kappa shape index (κ2) is 5.85. The van der Waals surface area contributed by atoms with Crippen LogP contribution in [0.1, 0.15) is 22.6 Å². The third-order valence-electron chi connectivity index (χ3n) is 3.77. The molecule has 20 heavy (non-hydrogen) atoms. The Hall–Kier alpha value is -1.52. The second-order valence-corrected chi connectivity index (χ2v) is 5.20. The number of benzene rings is 2. The van der Waals surface area contributed by atoms with Gasteiger partial charge in [0.1, 0.15) is 0 Å². The molecule has 1 aliphatic heterocycles. The van der Waals surface area contributed by atoms with E-state index < -0.39 is 0 Å². The molecule has 1 atom stereocenters. The normalized spacial score (nSPS) is 18.1. The lowest BCUT2D eigenvalue weighted by molar-refractivity contribution is 0.294. The Kier molecular flexibility index (Phi) is 4.35. The fourth-order valence-corrected chi connectivity index (χ4v) is 2.83. The van der Waals surface area contributed by atoms with E-state index in [0.717, 1.165) is 18.7 Å². The number of nitrogens with zero attached hydrogens (tertiary/aromatic N) is 1. The quantitative estimate of drug-likeness (QED) is 0.786. The van der Waals surface area contributed by atoms with E-state index in [4.69, 9.17) is 0 Å². The highest BCUT2D eigenvalue weighted by molar-refractivity contribution is 8.93.